The average molecular weight is 404 g/mol. The van der Waals surface area contributed by atoms with Gasteiger partial charge < -0.3 is 0 Å². The van der Waals surface area contributed by atoms with Crippen LogP contribution < -0.4 is 0 Å². The zero-order chi connectivity index (χ0) is 18.9. The van der Waals surface area contributed by atoms with E-state index in [0.29, 0.717) is 5.88 Å². The van der Waals surface area contributed by atoms with Gasteiger partial charge in [-0.2, -0.15) is 0 Å². The molecule has 0 saturated heterocycles. The maximum atomic E-state index is 6.30. The van der Waals surface area contributed by atoms with Gasteiger partial charge in [0.25, 0.3) is 0 Å². The second-order valence-corrected chi connectivity index (χ2v) is 8.84. The molecule has 2 aromatic heterocycles. The van der Waals surface area contributed by atoms with Crippen molar-refractivity contribution in [3.05, 3.63) is 76.7 Å². The number of nitrogens with zero attached hydrogens (tertiary/aromatic N) is 1. The van der Waals surface area contributed by atoms with Crippen molar-refractivity contribution in [3.63, 3.8) is 0 Å². The van der Waals surface area contributed by atoms with E-state index in [2.05, 4.69) is 60.7 Å². The lowest BCUT2D eigenvalue weighted by atomic mass is 9.88. The summed E-state index contributed by atoms with van der Waals surface area (Å²) in [6, 6.07) is 21.4. The van der Waals surface area contributed by atoms with Crippen molar-refractivity contribution < 1.29 is 0 Å². The molecule has 0 bridgehead atoms. The molecule has 1 aliphatic carbocycles. The van der Waals surface area contributed by atoms with Gasteiger partial charge in [-0.05, 0) is 54.4 Å². The van der Waals surface area contributed by atoms with Crippen LogP contribution in [0.1, 0.15) is 28.8 Å². The topological polar surface area (TPSA) is 12.9 Å². The lowest BCUT2D eigenvalue weighted by Gasteiger charge is -2.18. The van der Waals surface area contributed by atoms with Crippen LogP contribution in [0, 0.1) is 0 Å². The average Bonchev–Trinajstić information content (AvgIpc) is 3.13. The van der Waals surface area contributed by atoms with Crippen molar-refractivity contribution in [2.75, 3.05) is 5.88 Å². The molecule has 2 heterocycles. The van der Waals surface area contributed by atoms with Crippen LogP contribution >= 0.6 is 22.9 Å². The molecule has 0 unspecified atom stereocenters. The van der Waals surface area contributed by atoms with E-state index in [4.69, 9.17) is 16.6 Å². The standard InChI is InChI=1S/C25H22ClNS/c26-16-15-20-22(17-9-3-1-4-10-17)23-19-13-7-8-14-21(19)28-25(23)27-24(20)18-11-5-2-6-12-18/h1-6,9-12H,7-8,13-16H2. The Hall–Kier alpha value is -2.16. The predicted octanol–water partition coefficient (Wildman–Crippen LogP) is 7.29. The minimum absolute atomic E-state index is 0.596. The second kappa shape index (κ2) is 7.69. The summed E-state index contributed by atoms with van der Waals surface area (Å²) in [6.07, 6.45) is 5.75. The van der Waals surface area contributed by atoms with Crippen LogP contribution in [-0.4, -0.2) is 10.9 Å². The number of hydrogen-bond acceptors (Lipinski definition) is 2. The largest absolute Gasteiger partial charge is 0.237 e. The molecule has 0 N–H and O–H groups in total. The van der Waals surface area contributed by atoms with Crippen LogP contribution in [0.15, 0.2) is 60.7 Å². The first-order valence-electron chi connectivity index (χ1n) is 10.0. The Balaban J connectivity index is 1.90. The summed E-state index contributed by atoms with van der Waals surface area (Å²) in [5.74, 6) is 0.596. The Morgan fingerprint density at radius 3 is 2.25 bits per heavy atom. The van der Waals surface area contributed by atoms with Crippen LogP contribution in [0.3, 0.4) is 0 Å². The Bertz CT molecular complexity index is 1120. The number of alkyl halides is 1. The summed E-state index contributed by atoms with van der Waals surface area (Å²) < 4.78 is 0. The summed E-state index contributed by atoms with van der Waals surface area (Å²) in [4.78, 5) is 7.93. The summed E-state index contributed by atoms with van der Waals surface area (Å²) in [5.41, 5.74) is 7.71. The fourth-order valence-corrected chi connectivity index (χ4v) is 5.88. The van der Waals surface area contributed by atoms with E-state index in [1.165, 1.54) is 68.6 Å². The summed E-state index contributed by atoms with van der Waals surface area (Å²) in [7, 11) is 0. The third kappa shape index (κ3) is 3.05. The monoisotopic (exact) mass is 403 g/mol. The predicted molar refractivity (Wildman–Crippen MR) is 122 cm³/mol. The molecular weight excluding hydrogens is 382 g/mol. The number of aromatic nitrogens is 1. The van der Waals surface area contributed by atoms with Crippen molar-refractivity contribution in [2.24, 2.45) is 0 Å². The number of aryl methyl sites for hydroxylation is 2. The number of hydrogen-bond donors (Lipinski definition) is 0. The van der Waals surface area contributed by atoms with Crippen molar-refractivity contribution in [1.82, 2.24) is 4.98 Å². The van der Waals surface area contributed by atoms with Crippen molar-refractivity contribution in [1.29, 1.82) is 0 Å². The molecule has 0 amide bonds. The normalized spacial score (nSPS) is 13.6. The van der Waals surface area contributed by atoms with Gasteiger partial charge in [0.1, 0.15) is 4.83 Å². The van der Waals surface area contributed by atoms with E-state index >= 15 is 0 Å². The van der Waals surface area contributed by atoms with Gasteiger partial charge in [0.15, 0.2) is 0 Å². The van der Waals surface area contributed by atoms with E-state index in [0.717, 1.165) is 12.1 Å². The smallest absolute Gasteiger partial charge is 0.125 e. The third-order valence-corrected chi connectivity index (χ3v) is 7.03. The maximum absolute atomic E-state index is 6.30. The van der Waals surface area contributed by atoms with E-state index < -0.39 is 0 Å². The highest BCUT2D eigenvalue weighted by atomic mass is 35.5. The fraction of sp³-hybridized carbons (Fsp3) is 0.240. The number of pyridine rings is 1. The molecule has 3 heteroatoms. The SMILES string of the molecule is ClCCc1c(-c2ccccc2)nc2sc3c(c2c1-c1ccccc1)CCCC3. The molecule has 1 nitrogen and oxygen atoms in total. The van der Waals surface area contributed by atoms with E-state index in [-0.39, 0.29) is 0 Å². The Kier molecular flexibility index (Phi) is 4.92. The molecule has 5 rings (SSSR count). The van der Waals surface area contributed by atoms with Crippen LogP contribution in [-0.2, 0) is 19.3 Å². The van der Waals surface area contributed by atoms with Crippen molar-refractivity contribution >= 4 is 33.2 Å². The van der Waals surface area contributed by atoms with E-state index in [9.17, 15) is 0 Å². The van der Waals surface area contributed by atoms with Gasteiger partial charge in [-0.3, -0.25) is 0 Å². The van der Waals surface area contributed by atoms with Crippen LogP contribution in [0.4, 0.5) is 0 Å². The molecule has 0 atom stereocenters. The summed E-state index contributed by atoms with van der Waals surface area (Å²) in [5, 5.41) is 1.38. The number of halogens is 1. The molecule has 140 valence electrons. The molecule has 0 radical (unpaired) electrons. The zero-order valence-electron chi connectivity index (χ0n) is 15.7. The molecule has 0 saturated carbocycles. The lowest BCUT2D eigenvalue weighted by molar-refractivity contribution is 0.700. The molecule has 28 heavy (non-hydrogen) atoms. The molecule has 4 aromatic rings. The van der Waals surface area contributed by atoms with Gasteiger partial charge in [-0.25, -0.2) is 4.98 Å². The quantitative estimate of drug-likeness (QED) is 0.326. The first-order valence-corrected chi connectivity index (χ1v) is 11.4. The van der Waals surface area contributed by atoms with Crippen LogP contribution in [0.25, 0.3) is 32.6 Å². The first-order chi connectivity index (χ1) is 13.9. The molecule has 0 fully saturated rings. The van der Waals surface area contributed by atoms with Gasteiger partial charge in [-0.15, -0.1) is 22.9 Å². The summed E-state index contributed by atoms with van der Waals surface area (Å²) >= 11 is 8.20. The number of thiophene rings is 1. The number of rotatable bonds is 4. The Morgan fingerprint density at radius 1 is 0.857 bits per heavy atom. The Morgan fingerprint density at radius 2 is 1.54 bits per heavy atom. The molecule has 1 aliphatic rings. The van der Waals surface area contributed by atoms with Crippen LogP contribution in [0.5, 0.6) is 0 Å². The molecule has 2 aromatic carbocycles. The van der Waals surface area contributed by atoms with E-state index in [1.807, 2.05) is 11.3 Å². The lowest BCUT2D eigenvalue weighted by Crippen LogP contribution is -2.02. The highest BCUT2D eigenvalue weighted by Gasteiger charge is 2.24. The minimum Gasteiger partial charge on any atom is -0.237 e. The van der Waals surface area contributed by atoms with Crippen molar-refractivity contribution in [3.8, 4) is 22.4 Å². The molecular formula is C25H22ClNS. The fourth-order valence-electron chi connectivity index (χ4n) is 4.42. The minimum atomic E-state index is 0.596. The highest BCUT2D eigenvalue weighted by molar-refractivity contribution is 7.19. The maximum Gasteiger partial charge on any atom is 0.125 e. The van der Waals surface area contributed by atoms with Gasteiger partial charge >= 0.3 is 0 Å². The first kappa shape index (κ1) is 17.9. The second-order valence-electron chi connectivity index (χ2n) is 7.38. The number of benzene rings is 2. The van der Waals surface area contributed by atoms with Gasteiger partial charge in [0.2, 0.25) is 0 Å². The van der Waals surface area contributed by atoms with Gasteiger partial charge in [-0.1, -0.05) is 60.7 Å². The molecule has 0 spiro atoms. The van der Waals surface area contributed by atoms with Gasteiger partial charge in [0.05, 0.1) is 5.69 Å². The number of fused-ring (bicyclic) bond motifs is 3. The zero-order valence-corrected chi connectivity index (χ0v) is 17.3. The highest BCUT2D eigenvalue weighted by Crippen LogP contribution is 2.45. The molecule has 0 aliphatic heterocycles. The summed E-state index contributed by atoms with van der Waals surface area (Å²) in [6.45, 7) is 0. The van der Waals surface area contributed by atoms with E-state index in [1.54, 1.807) is 0 Å². The van der Waals surface area contributed by atoms with Crippen molar-refractivity contribution in [2.45, 2.75) is 32.1 Å². The van der Waals surface area contributed by atoms with Gasteiger partial charge in [0, 0.05) is 21.7 Å². The third-order valence-electron chi connectivity index (χ3n) is 5.66. The van der Waals surface area contributed by atoms with Crippen LogP contribution in [0.2, 0.25) is 0 Å². The Labute approximate surface area is 175 Å².